The van der Waals surface area contributed by atoms with E-state index in [1.54, 1.807) is 11.3 Å². The van der Waals surface area contributed by atoms with Gasteiger partial charge in [-0.2, -0.15) is 0 Å². The predicted octanol–water partition coefficient (Wildman–Crippen LogP) is 2.53. The fraction of sp³-hybridized carbons (Fsp3) is 0. The summed E-state index contributed by atoms with van der Waals surface area (Å²) in [6.07, 6.45) is 0. The van der Waals surface area contributed by atoms with Crippen molar-refractivity contribution < 1.29 is 4.57 Å². The van der Waals surface area contributed by atoms with Crippen LogP contribution in [0.3, 0.4) is 0 Å². The molecule has 0 bridgehead atoms. The van der Waals surface area contributed by atoms with Gasteiger partial charge < -0.3 is 0 Å². The van der Waals surface area contributed by atoms with Gasteiger partial charge in [0.25, 0.3) is 0 Å². The maximum absolute atomic E-state index is 11.9. The first-order valence-corrected chi connectivity index (χ1v) is 6.07. The lowest BCUT2D eigenvalue weighted by molar-refractivity contribution is 0.598. The van der Waals surface area contributed by atoms with Crippen LogP contribution in [0, 0.1) is 0 Å². The van der Waals surface area contributed by atoms with Crippen molar-refractivity contribution in [2.75, 3.05) is 0 Å². The van der Waals surface area contributed by atoms with Crippen molar-refractivity contribution in [3.63, 3.8) is 0 Å². The molecule has 0 aliphatic heterocycles. The number of hydrogen-bond donors (Lipinski definition) is 0. The molecule has 2 aromatic rings. The third kappa shape index (κ3) is 1.85. The number of benzene rings is 1. The molecule has 2 rings (SSSR count). The Labute approximate surface area is 81.8 Å². The molecule has 1 aromatic carbocycles. The summed E-state index contributed by atoms with van der Waals surface area (Å²) >= 11 is 1.54. The highest BCUT2D eigenvalue weighted by Gasteiger charge is 2.23. The van der Waals surface area contributed by atoms with Crippen LogP contribution in [0.2, 0.25) is 0 Å². The van der Waals surface area contributed by atoms with E-state index in [0.29, 0.717) is 0 Å². The zero-order valence-corrected chi connectivity index (χ0v) is 8.59. The summed E-state index contributed by atoms with van der Waals surface area (Å²) in [7, 11) is -1.37. The molecule has 0 N–H and O–H groups in total. The average molecular weight is 207 g/mol. The normalized spacial score (nSPS) is 11.2. The predicted molar refractivity (Wildman–Crippen MR) is 57.6 cm³/mol. The average Bonchev–Trinajstić information content (AvgIpc) is 2.71. The molecule has 0 saturated heterocycles. The van der Waals surface area contributed by atoms with E-state index >= 15 is 0 Å². The molecule has 0 amide bonds. The molecule has 64 valence electrons. The molecule has 13 heavy (non-hydrogen) atoms. The van der Waals surface area contributed by atoms with E-state index in [0.717, 1.165) is 9.92 Å². The molecule has 1 aromatic heterocycles. The molecule has 1 nitrogen and oxygen atoms in total. The molecule has 0 spiro atoms. The molecule has 0 aliphatic rings. The van der Waals surface area contributed by atoms with Gasteiger partial charge >= 0.3 is 7.80 Å². The van der Waals surface area contributed by atoms with Gasteiger partial charge in [0, 0.05) is 6.07 Å². The van der Waals surface area contributed by atoms with Gasteiger partial charge in [-0.3, -0.25) is 0 Å². The third-order valence-electron chi connectivity index (χ3n) is 1.70. The van der Waals surface area contributed by atoms with Crippen LogP contribution in [0.25, 0.3) is 0 Å². The Hall–Kier alpha value is -0.980. The van der Waals surface area contributed by atoms with Crippen molar-refractivity contribution in [3.8, 4) is 0 Å². The van der Waals surface area contributed by atoms with Crippen LogP contribution in [0.4, 0.5) is 0 Å². The first kappa shape index (κ1) is 8.61. The molecule has 3 heteroatoms. The molecule has 1 unspecified atom stereocenters. The highest BCUT2D eigenvalue weighted by atomic mass is 32.1. The molecule has 0 saturated carbocycles. The van der Waals surface area contributed by atoms with Gasteiger partial charge in [-0.15, -0.1) is 0 Å². The highest BCUT2D eigenvalue weighted by Crippen LogP contribution is 2.21. The SMILES string of the molecule is O=[P+](c1ccccc1)c1cccs1. The van der Waals surface area contributed by atoms with Crippen molar-refractivity contribution in [3.05, 3.63) is 47.8 Å². The topological polar surface area (TPSA) is 17.1 Å². The summed E-state index contributed by atoms with van der Waals surface area (Å²) < 4.78 is 12.8. The Morgan fingerprint density at radius 3 is 2.38 bits per heavy atom. The summed E-state index contributed by atoms with van der Waals surface area (Å²) in [5.74, 6) is 0. The summed E-state index contributed by atoms with van der Waals surface area (Å²) in [5, 5.41) is 2.85. The van der Waals surface area contributed by atoms with E-state index in [1.807, 2.05) is 47.8 Å². The van der Waals surface area contributed by atoms with Gasteiger partial charge in [0.15, 0.2) is 5.30 Å². The molecule has 0 fully saturated rings. The zero-order chi connectivity index (χ0) is 9.10. The minimum Gasteiger partial charge on any atom is -0.0961 e. The summed E-state index contributed by atoms with van der Waals surface area (Å²) in [5.41, 5.74) is 0. The van der Waals surface area contributed by atoms with Crippen LogP contribution in [-0.4, -0.2) is 0 Å². The summed E-state index contributed by atoms with van der Waals surface area (Å²) in [6, 6.07) is 13.4. The Morgan fingerprint density at radius 2 is 1.77 bits per heavy atom. The Bertz CT molecular complexity index is 394. The van der Waals surface area contributed by atoms with Gasteiger partial charge in [0.2, 0.25) is 4.62 Å². The van der Waals surface area contributed by atoms with E-state index in [1.165, 1.54) is 0 Å². The van der Waals surface area contributed by atoms with Gasteiger partial charge in [-0.05, 0) is 23.6 Å². The highest BCUT2D eigenvalue weighted by molar-refractivity contribution is 7.67. The minimum absolute atomic E-state index is 0.903. The minimum atomic E-state index is -1.37. The van der Waals surface area contributed by atoms with E-state index in [9.17, 15) is 4.57 Å². The zero-order valence-electron chi connectivity index (χ0n) is 6.88. The third-order valence-corrected chi connectivity index (χ3v) is 4.50. The molecule has 0 radical (unpaired) electrons. The smallest absolute Gasteiger partial charge is 0.0961 e. The van der Waals surface area contributed by atoms with E-state index in [2.05, 4.69) is 0 Å². The van der Waals surface area contributed by atoms with Crippen molar-refractivity contribution in [2.24, 2.45) is 0 Å². The second-order valence-electron chi connectivity index (χ2n) is 2.58. The maximum Gasteiger partial charge on any atom is 0.426 e. The Morgan fingerprint density at radius 1 is 1.00 bits per heavy atom. The largest absolute Gasteiger partial charge is 0.426 e. The second kappa shape index (κ2) is 3.82. The first-order valence-electron chi connectivity index (χ1n) is 3.94. The van der Waals surface area contributed by atoms with Crippen molar-refractivity contribution in [1.82, 2.24) is 0 Å². The second-order valence-corrected chi connectivity index (χ2v) is 5.42. The number of thiophene rings is 1. The van der Waals surface area contributed by atoms with Crippen LogP contribution < -0.4 is 9.92 Å². The van der Waals surface area contributed by atoms with Gasteiger partial charge in [-0.25, -0.2) is 0 Å². The molecule has 0 aliphatic carbocycles. The van der Waals surface area contributed by atoms with Gasteiger partial charge in [-0.1, -0.05) is 34.1 Å². The number of rotatable bonds is 2. The standard InChI is InChI=1S/C10H8OPS/c11-12(10-7-4-8-13-10)9-5-2-1-3-6-9/h1-8H/q+1. The van der Waals surface area contributed by atoms with Gasteiger partial charge in [0.05, 0.1) is 0 Å². The Balaban J connectivity index is 2.34. The maximum atomic E-state index is 11.9. The lowest BCUT2D eigenvalue weighted by atomic mass is 10.4. The first-order chi connectivity index (χ1) is 6.38. The molecular formula is C10H8OPS+. The van der Waals surface area contributed by atoms with Crippen molar-refractivity contribution in [2.45, 2.75) is 0 Å². The van der Waals surface area contributed by atoms with Crippen molar-refractivity contribution >= 4 is 29.1 Å². The van der Waals surface area contributed by atoms with Crippen LogP contribution in [-0.2, 0) is 4.57 Å². The quantitative estimate of drug-likeness (QED) is 0.691. The molecular weight excluding hydrogens is 199 g/mol. The molecule has 1 atom stereocenters. The van der Waals surface area contributed by atoms with Crippen molar-refractivity contribution in [1.29, 1.82) is 0 Å². The van der Waals surface area contributed by atoms with E-state index in [4.69, 9.17) is 0 Å². The summed E-state index contributed by atoms with van der Waals surface area (Å²) in [6.45, 7) is 0. The van der Waals surface area contributed by atoms with E-state index < -0.39 is 7.80 Å². The fourth-order valence-corrected chi connectivity index (χ4v) is 3.33. The van der Waals surface area contributed by atoms with Crippen LogP contribution >= 0.6 is 19.1 Å². The summed E-state index contributed by atoms with van der Waals surface area (Å²) in [4.78, 5) is 0. The number of hydrogen-bond acceptors (Lipinski definition) is 2. The van der Waals surface area contributed by atoms with Crippen LogP contribution in [0.1, 0.15) is 0 Å². The molecule has 1 heterocycles. The lowest BCUT2D eigenvalue weighted by Crippen LogP contribution is -2.01. The van der Waals surface area contributed by atoms with Crippen LogP contribution in [0.5, 0.6) is 0 Å². The Kier molecular flexibility index (Phi) is 2.53. The fourth-order valence-electron chi connectivity index (χ4n) is 1.08. The lowest BCUT2D eigenvalue weighted by Gasteiger charge is -1.83. The van der Waals surface area contributed by atoms with Gasteiger partial charge in [0.1, 0.15) is 0 Å². The van der Waals surface area contributed by atoms with E-state index in [-0.39, 0.29) is 0 Å². The van der Waals surface area contributed by atoms with Crippen LogP contribution in [0.15, 0.2) is 47.8 Å². The monoisotopic (exact) mass is 207 g/mol.